The summed E-state index contributed by atoms with van der Waals surface area (Å²) in [5, 5.41) is 10.3. The standard InChI is InChI=1S/C16H27NO/c1-6-12(2)10-17(5)11-16(18)15-8-13(3)7-14(4)9-15/h7-9,12,16,18H,6,10-11H2,1-5H3. The fourth-order valence-corrected chi connectivity index (χ4v) is 2.34. The molecule has 0 saturated heterocycles. The Bertz CT molecular complexity index is 355. The van der Waals surface area contributed by atoms with E-state index in [4.69, 9.17) is 0 Å². The number of benzene rings is 1. The van der Waals surface area contributed by atoms with Crippen LogP contribution < -0.4 is 0 Å². The number of aryl methyl sites for hydroxylation is 2. The molecule has 0 aromatic heterocycles. The fourth-order valence-electron chi connectivity index (χ4n) is 2.34. The maximum absolute atomic E-state index is 10.3. The van der Waals surface area contributed by atoms with Crippen LogP contribution in [-0.2, 0) is 0 Å². The molecule has 0 amide bonds. The number of likely N-dealkylation sites (N-methyl/N-ethyl adjacent to an activating group) is 1. The molecule has 0 fully saturated rings. The normalized spacial score (nSPS) is 14.8. The summed E-state index contributed by atoms with van der Waals surface area (Å²) in [5.41, 5.74) is 3.46. The molecule has 0 heterocycles. The minimum Gasteiger partial charge on any atom is -0.387 e. The van der Waals surface area contributed by atoms with E-state index in [0.717, 1.165) is 12.1 Å². The van der Waals surface area contributed by atoms with Crippen LogP contribution in [-0.4, -0.2) is 30.1 Å². The lowest BCUT2D eigenvalue weighted by molar-refractivity contribution is 0.119. The molecule has 0 radical (unpaired) electrons. The fraction of sp³-hybridized carbons (Fsp3) is 0.625. The summed E-state index contributed by atoms with van der Waals surface area (Å²) in [6.45, 7) is 10.3. The number of hydrogen-bond acceptors (Lipinski definition) is 2. The Hall–Kier alpha value is -0.860. The van der Waals surface area contributed by atoms with Gasteiger partial charge in [-0.25, -0.2) is 0 Å². The zero-order chi connectivity index (χ0) is 13.7. The maximum Gasteiger partial charge on any atom is 0.0916 e. The number of hydrogen-bond donors (Lipinski definition) is 1. The highest BCUT2D eigenvalue weighted by atomic mass is 16.3. The van der Waals surface area contributed by atoms with E-state index in [1.54, 1.807) is 0 Å². The van der Waals surface area contributed by atoms with Gasteiger partial charge in [0.05, 0.1) is 6.10 Å². The Labute approximate surface area is 112 Å². The third-order valence-corrected chi connectivity index (χ3v) is 3.43. The molecule has 0 aliphatic heterocycles. The Kier molecular flexibility index (Phi) is 5.83. The Morgan fingerprint density at radius 3 is 2.17 bits per heavy atom. The summed E-state index contributed by atoms with van der Waals surface area (Å²) in [7, 11) is 2.08. The monoisotopic (exact) mass is 249 g/mol. The molecular weight excluding hydrogens is 222 g/mol. The van der Waals surface area contributed by atoms with E-state index in [9.17, 15) is 5.11 Å². The van der Waals surface area contributed by atoms with Gasteiger partial charge in [0.15, 0.2) is 0 Å². The van der Waals surface area contributed by atoms with Crippen LogP contribution in [0.2, 0.25) is 0 Å². The molecule has 2 unspecified atom stereocenters. The van der Waals surface area contributed by atoms with Crippen molar-refractivity contribution in [3.05, 3.63) is 34.9 Å². The molecule has 0 aliphatic carbocycles. The van der Waals surface area contributed by atoms with Crippen LogP contribution in [0.5, 0.6) is 0 Å². The molecule has 0 spiro atoms. The molecule has 1 aromatic rings. The zero-order valence-electron chi connectivity index (χ0n) is 12.4. The van der Waals surface area contributed by atoms with Crippen LogP contribution in [0.25, 0.3) is 0 Å². The summed E-state index contributed by atoms with van der Waals surface area (Å²) in [6.07, 6.45) is 0.793. The highest BCUT2D eigenvalue weighted by Crippen LogP contribution is 2.18. The van der Waals surface area contributed by atoms with Crippen LogP contribution in [0.3, 0.4) is 0 Å². The highest BCUT2D eigenvalue weighted by Gasteiger charge is 2.13. The van der Waals surface area contributed by atoms with E-state index in [0.29, 0.717) is 12.5 Å². The summed E-state index contributed by atoms with van der Waals surface area (Å²) in [4.78, 5) is 2.22. The smallest absolute Gasteiger partial charge is 0.0916 e. The lowest BCUT2D eigenvalue weighted by atomic mass is 10.0. The van der Waals surface area contributed by atoms with Crippen molar-refractivity contribution in [2.24, 2.45) is 5.92 Å². The summed E-state index contributed by atoms with van der Waals surface area (Å²) in [6, 6.07) is 6.29. The Morgan fingerprint density at radius 1 is 1.11 bits per heavy atom. The third-order valence-electron chi connectivity index (χ3n) is 3.43. The second kappa shape index (κ2) is 6.91. The molecule has 0 bridgehead atoms. The molecule has 1 N–H and O–H groups in total. The Balaban J connectivity index is 2.61. The van der Waals surface area contributed by atoms with Gasteiger partial charge >= 0.3 is 0 Å². The molecule has 2 heteroatoms. The SMILES string of the molecule is CCC(C)CN(C)CC(O)c1cc(C)cc(C)c1. The van der Waals surface area contributed by atoms with Crippen molar-refractivity contribution in [1.29, 1.82) is 0 Å². The predicted molar refractivity (Wildman–Crippen MR) is 77.8 cm³/mol. The molecule has 0 saturated carbocycles. The van der Waals surface area contributed by atoms with E-state index >= 15 is 0 Å². The number of rotatable bonds is 6. The number of aliphatic hydroxyl groups excluding tert-OH is 1. The second-order valence-electron chi connectivity index (χ2n) is 5.67. The third kappa shape index (κ3) is 4.79. The minimum atomic E-state index is -0.391. The molecule has 1 rings (SSSR count). The van der Waals surface area contributed by atoms with Crippen LogP contribution >= 0.6 is 0 Å². The van der Waals surface area contributed by atoms with Gasteiger partial charge in [0, 0.05) is 13.1 Å². The van der Waals surface area contributed by atoms with E-state index in [2.05, 4.69) is 57.8 Å². The van der Waals surface area contributed by atoms with Crippen LogP contribution in [0.1, 0.15) is 43.1 Å². The molecule has 102 valence electrons. The van der Waals surface area contributed by atoms with Gasteiger partial charge in [0.1, 0.15) is 0 Å². The Morgan fingerprint density at radius 2 is 1.67 bits per heavy atom. The van der Waals surface area contributed by atoms with Crippen molar-refractivity contribution >= 4 is 0 Å². The van der Waals surface area contributed by atoms with Crippen molar-refractivity contribution in [2.75, 3.05) is 20.1 Å². The first-order chi connectivity index (χ1) is 8.42. The second-order valence-corrected chi connectivity index (χ2v) is 5.67. The van der Waals surface area contributed by atoms with Gasteiger partial charge in [-0.1, -0.05) is 49.6 Å². The summed E-state index contributed by atoms with van der Waals surface area (Å²) >= 11 is 0. The first-order valence-electron chi connectivity index (χ1n) is 6.87. The van der Waals surface area contributed by atoms with Crippen LogP contribution in [0, 0.1) is 19.8 Å². The molecule has 18 heavy (non-hydrogen) atoms. The molecular formula is C16H27NO. The van der Waals surface area contributed by atoms with Gasteiger partial charge in [-0.3, -0.25) is 0 Å². The van der Waals surface area contributed by atoms with Gasteiger partial charge in [-0.05, 0) is 32.4 Å². The van der Waals surface area contributed by atoms with Crippen LogP contribution in [0.15, 0.2) is 18.2 Å². The average molecular weight is 249 g/mol. The number of aliphatic hydroxyl groups is 1. The van der Waals surface area contributed by atoms with Crippen molar-refractivity contribution < 1.29 is 5.11 Å². The predicted octanol–water partition coefficient (Wildman–Crippen LogP) is 3.31. The zero-order valence-corrected chi connectivity index (χ0v) is 12.4. The largest absolute Gasteiger partial charge is 0.387 e. The maximum atomic E-state index is 10.3. The first kappa shape index (κ1) is 15.2. The highest BCUT2D eigenvalue weighted by molar-refractivity contribution is 5.30. The van der Waals surface area contributed by atoms with Gasteiger partial charge in [0.2, 0.25) is 0 Å². The van der Waals surface area contributed by atoms with E-state index in [-0.39, 0.29) is 0 Å². The van der Waals surface area contributed by atoms with E-state index < -0.39 is 6.10 Å². The minimum absolute atomic E-state index is 0.391. The lowest BCUT2D eigenvalue weighted by Crippen LogP contribution is -2.28. The van der Waals surface area contributed by atoms with Crippen molar-refractivity contribution in [3.63, 3.8) is 0 Å². The van der Waals surface area contributed by atoms with Gasteiger partial charge in [-0.15, -0.1) is 0 Å². The van der Waals surface area contributed by atoms with Gasteiger partial charge in [0.25, 0.3) is 0 Å². The quantitative estimate of drug-likeness (QED) is 0.836. The van der Waals surface area contributed by atoms with E-state index in [1.807, 2.05) is 0 Å². The average Bonchev–Trinajstić information content (AvgIpc) is 2.27. The number of nitrogens with zero attached hydrogens (tertiary/aromatic N) is 1. The summed E-state index contributed by atoms with van der Waals surface area (Å²) in [5.74, 6) is 0.682. The topological polar surface area (TPSA) is 23.5 Å². The molecule has 0 aliphatic rings. The van der Waals surface area contributed by atoms with Crippen molar-refractivity contribution in [2.45, 2.75) is 40.2 Å². The lowest BCUT2D eigenvalue weighted by Gasteiger charge is -2.23. The van der Waals surface area contributed by atoms with Gasteiger partial charge < -0.3 is 10.0 Å². The van der Waals surface area contributed by atoms with Crippen LogP contribution in [0.4, 0.5) is 0 Å². The molecule has 1 aromatic carbocycles. The van der Waals surface area contributed by atoms with Gasteiger partial charge in [-0.2, -0.15) is 0 Å². The molecule has 2 atom stereocenters. The van der Waals surface area contributed by atoms with Crippen molar-refractivity contribution in [3.8, 4) is 0 Å². The first-order valence-corrected chi connectivity index (χ1v) is 6.87. The van der Waals surface area contributed by atoms with Crippen molar-refractivity contribution in [1.82, 2.24) is 4.90 Å². The van der Waals surface area contributed by atoms with E-state index in [1.165, 1.54) is 17.5 Å². The summed E-state index contributed by atoms with van der Waals surface area (Å²) < 4.78 is 0. The molecule has 2 nitrogen and oxygen atoms in total.